The Morgan fingerprint density at radius 2 is 0.487 bits per heavy atom. The summed E-state index contributed by atoms with van der Waals surface area (Å²) in [6.07, 6.45) is 0. The van der Waals surface area contributed by atoms with Crippen molar-refractivity contribution >= 4 is 0 Å². The van der Waals surface area contributed by atoms with Crippen LogP contribution in [0.25, 0.3) is 0 Å². The van der Waals surface area contributed by atoms with Crippen molar-refractivity contribution in [1.29, 1.82) is 0 Å². The molecule has 4 aromatic rings. The van der Waals surface area contributed by atoms with Crippen molar-refractivity contribution in [1.82, 2.24) is 9.80 Å². The van der Waals surface area contributed by atoms with E-state index in [0.29, 0.717) is 11.5 Å². The van der Waals surface area contributed by atoms with Crippen LogP contribution in [0.1, 0.15) is 193 Å². The summed E-state index contributed by atoms with van der Waals surface area (Å²) in [4.78, 5) is 5.09. The third kappa shape index (κ3) is 25.9. The number of aliphatic hydroxyl groups excluding tert-OH is 4. The number of phenolic OH excluding ortho intramolecular Hbond substituents is 2. The van der Waals surface area contributed by atoms with Crippen LogP contribution in [0.15, 0.2) is 84.9 Å². The molecule has 10 heteroatoms. The molecule has 0 aromatic heterocycles. The van der Waals surface area contributed by atoms with E-state index < -0.39 is 0 Å². The molecule has 2 saturated carbocycles. The van der Waals surface area contributed by atoms with Crippen LogP contribution in [0, 0.1) is 74.0 Å². The number of hydrogen-bond donors (Lipinski definition) is 6. The summed E-state index contributed by atoms with van der Waals surface area (Å²) in [5.74, 6) is 11.2. The largest absolute Gasteiger partial charge is 0.507 e. The Morgan fingerprint density at radius 3 is 0.654 bits per heavy atom. The van der Waals surface area contributed by atoms with E-state index in [1.54, 1.807) is 0 Å². The summed E-state index contributed by atoms with van der Waals surface area (Å²) in [6.45, 7) is 46.3. The van der Waals surface area contributed by atoms with Gasteiger partial charge in [-0.1, -0.05) is 210 Å². The van der Waals surface area contributed by atoms with Gasteiger partial charge in [0, 0.05) is 111 Å². The van der Waals surface area contributed by atoms with E-state index in [4.69, 9.17) is 20.4 Å². The van der Waals surface area contributed by atoms with Gasteiger partial charge >= 0.3 is 0 Å². The van der Waals surface area contributed by atoms with Gasteiger partial charge in [-0.15, -0.1) is 0 Å². The molecule has 2 fully saturated rings. The molecule has 78 heavy (non-hydrogen) atoms. The van der Waals surface area contributed by atoms with Crippen LogP contribution in [-0.2, 0) is 69.6 Å². The van der Waals surface area contributed by atoms with Crippen LogP contribution < -0.4 is 0 Å². The second-order valence-corrected chi connectivity index (χ2v) is 22.8. The fraction of sp³-hybridized carbons (Fsp3) is 0.618. The quantitative estimate of drug-likeness (QED) is 0.0513. The van der Waals surface area contributed by atoms with Crippen molar-refractivity contribution in [3.63, 3.8) is 0 Å². The molecule has 0 spiro atoms. The minimum absolute atomic E-state index is 0. The molecule has 0 saturated heterocycles. The van der Waals surface area contributed by atoms with Gasteiger partial charge in [0.05, 0.1) is 0 Å². The summed E-state index contributed by atoms with van der Waals surface area (Å²) in [5.41, 5.74) is 9.20. The molecule has 8 nitrogen and oxygen atoms in total. The predicted octanol–water partition coefficient (Wildman–Crippen LogP) is 16.0. The number of aromatic hydroxyl groups is 2. The Labute approximate surface area is 511 Å². The van der Waals surface area contributed by atoms with Crippen LogP contribution in [0.3, 0.4) is 0 Å². The van der Waals surface area contributed by atoms with E-state index in [0.717, 1.165) is 149 Å². The molecule has 0 unspecified atom stereocenters. The van der Waals surface area contributed by atoms with Crippen LogP contribution >= 0.6 is 0 Å². The average molecular weight is 1160 g/mol. The summed E-state index contributed by atoms with van der Waals surface area (Å²) < 4.78 is 0. The smallest absolute Gasteiger partial charge is 0.122 e. The summed E-state index contributed by atoms with van der Waals surface area (Å²) >= 11 is 0. The SMILES string of the molecule is CC(C)c1cc(CN(CCN(Cc2ccccc2)Cc2cc(C(C)C)c(O)c(C(C)C)c2)Cc2ccccc2)cc(C(C)C)c1O.CC1C(C)C(C)C(C)C1C.CC1C(C)C(C)C(C)C1C.CO.CO.CO.CO.[CH3-].[CH3-].[Ti].[Ti]. The standard InChI is InChI=1S/C42H56N2O2.2C10H20.4CH4O.2CH3.2Ti/c1-29(2)37-21-35(22-38(30(3)4)41(37)45)27-43(25-33-15-11-9-12-16-33)19-20-44(26-34-17-13-10-14-18-34)28-36-23-39(31(5)6)42(46)40(24-36)32(7)8;2*1-6-7(2)9(4)10(5)8(6)3;4*1-2;;;;/h9-18,21-24,29-32,45-46H,19-20,25-28H2,1-8H3;2*6-10H,1-5H3;4*2H,1H3;2*1H3;;/q;;;;;;;2*-1;;. The fourth-order valence-corrected chi connectivity index (χ4v) is 11.1. The normalized spacial score (nSPS) is 21.6. The number of aliphatic hydroxyl groups is 4. The summed E-state index contributed by atoms with van der Waals surface area (Å²) in [6, 6.07) is 30.3. The summed E-state index contributed by atoms with van der Waals surface area (Å²) in [5, 5.41) is 50.1. The van der Waals surface area contributed by atoms with E-state index in [9.17, 15) is 10.2 Å². The van der Waals surface area contributed by atoms with Gasteiger partial charge in [0.2, 0.25) is 0 Å². The van der Waals surface area contributed by atoms with E-state index in [2.05, 4.69) is 219 Å². The Balaban J connectivity index is -0.000000457. The molecule has 0 aliphatic heterocycles. The molecule has 4 aromatic carbocycles. The molecular formula is C68H118N2O6Ti2-2. The van der Waals surface area contributed by atoms with Crippen molar-refractivity contribution in [2.24, 2.45) is 59.2 Å². The van der Waals surface area contributed by atoms with Crippen molar-refractivity contribution in [2.75, 3.05) is 41.5 Å². The third-order valence-electron chi connectivity index (χ3n) is 17.3. The monoisotopic (exact) mass is 1150 g/mol. The van der Waals surface area contributed by atoms with E-state index in [1.807, 2.05) is 0 Å². The molecule has 0 atom stereocenters. The second-order valence-electron chi connectivity index (χ2n) is 22.8. The van der Waals surface area contributed by atoms with Crippen molar-refractivity contribution in [3.8, 4) is 11.5 Å². The number of nitrogens with zero attached hydrogens (tertiary/aromatic N) is 2. The zero-order valence-electron chi connectivity index (χ0n) is 54.0. The molecular weight excluding hydrogens is 1040 g/mol. The Bertz CT molecular complexity index is 1770. The molecule has 0 amide bonds. The van der Waals surface area contributed by atoms with Gasteiger partial charge in [0.1, 0.15) is 11.5 Å². The van der Waals surface area contributed by atoms with E-state index in [-0.39, 0.29) is 82.0 Å². The number of rotatable bonds is 15. The minimum Gasteiger partial charge on any atom is -0.507 e. The van der Waals surface area contributed by atoms with E-state index >= 15 is 0 Å². The molecule has 2 aliphatic rings. The van der Waals surface area contributed by atoms with Gasteiger partial charge in [0.15, 0.2) is 0 Å². The Morgan fingerprint density at radius 1 is 0.321 bits per heavy atom. The average Bonchev–Trinajstić information content (AvgIpc) is 3.67. The van der Waals surface area contributed by atoms with Crippen LogP contribution in [-0.4, -0.2) is 82.0 Å². The topological polar surface area (TPSA) is 128 Å². The molecule has 6 N–H and O–H groups in total. The maximum Gasteiger partial charge on any atom is 0.122 e. The molecule has 0 heterocycles. The molecule has 446 valence electrons. The zero-order valence-corrected chi connectivity index (χ0v) is 57.1. The molecule has 6 rings (SSSR count). The van der Waals surface area contributed by atoms with Gasteiger partial charge in [0.25, 0.3) is 0 Å². The number of benzene rings is 4. The number of hydrogen-bond acceptors (Lipinski definition) is 8. The maximum atomic E-state index is 11.1. The molecule has 0 radical (unpaired) electrons. The third-order valence-corrected chi connectivity index (χ3v) is 17.3. The predicted molar refractivity (Wildman–Crippen MR) is 331 cm³/mol. The van der Waals surface area contributed by atoms with Crippen LogP contribution in [0.4, 0.5) is 0 Å². The van der Waals surface area contributed by atoms with Crippen LogP contribution in [0.2, 0.25) is 0 Å². The first kappa shape index (κ1) is 84.5. The van der Waals surface area contributed by atoms with Gasteiger partial charge in [-0.2, -0.15) is 0 Å². The molecule has 2 aliphatic carbocycles. The maximum absolute atomic E-state index is 11.1. The van der Waals surface area contributed by atoms with Gasteiger partial charge in [-0.25, -0.2) is 0 Å². The van der Waals surface area contributed by atoms with Crippen molar-refractivity contribution in [2.45, 2.75) is 174 Å². The first-order valence-electron chi connectivity index (χ1n) is 28.1. The van der Waals surface area contributed by atoms with Gasteiger partial charge < -0.3 is 45.5 Å². The zero-order chi connectivity index (χ0) is 57.2. The minimum atomic E-state index is 0. The van der Waals surface area contributed by atoms with Crippen molar-refractivity contribution < 1.29 is 74.1 Å². The van der Waals surface area contributed by atoms with Crippen molar-refractivity contribution in [3.05, 3.63) is 144 Å². The van der Waals surface area contributed by atoms with E-state index in [1.165, 1.54) is 22.3 Å². The summed E-state index contributed by atoms with van der Waals surface area (Å²) in [7, 11) is 4.00. The number of phenols is 2. The van der Waals surface area contributed by atoms with Gasteiger partial charge in [-0.05, 0) is 127 Å². The fourth-order valence-electron chi connectivity index (χ4n) is 11.1. The Kier molecular flexibility index (Phi) is 48.0. The second kappa shape index (κ2) is 44.3. The Hall–Kier alpha value is -2.33. The first-order chi connectivity index (χ1) is 35.0. The van der Waals surface area contributed by atoms with Gasteiger partial charge in [-0.3, -0.25) is 9.80 Å². The molecule has 0 bridgehead atoms. The first-order valence-corrected chi connectivity index (χ1v) is 28.1. The van der Waals surface area contributed by atoms with Crippen LogP contribution in [0.5, 0.6) is 11.5 Å².